The summed E-state index contributed by atoms with van der Waals surface area (Å²) in [7, 11) is -4.12. The van der Waals surface area contributed by atoms with Crippen LogP contribution in [0.1, 0.15) is 0 Å². The maximum Gasteiger partial charge on any atom is 0.408 e. The third-order valence-corrected chi connectivity index (χ3v) is 1.40. The second-order valence-corrected chi connectivity index (χ2v) is 2.80. The predicted octanol–water partition coefficient (Wildman–Crippen LogP) is -0.401. The van der Waals surface area contributed by atoms with Crippen LogP contribution in [-0.2, 0) is 10.1 Å². The van der Waals surface area contributed by atoms with E-state index < -0.39 is 10.1 Å². The summed E-state index contributed by atoms with van der Waals surface area (Å²) >= 11 is 0. The van der Waals surface area contributed by atoms with E-state index in [-0.39, 0.29) is 5.88 Å². The average Bonchev–Trinajstić information content (AvgIpc) is 2.39. The Bertz CT molecular complexity index is 360. The van der Waals surface area contributed by atoms with Gasteiger partial charge in [0.15, 0.2) is 0 Å². The number of hydrogen-bond donors (Lipinski definition) is 1. The number of aromatic amines is 1. The zero-order valence-corrected chi connectivity index (χ0v) is 6.00. The van der Waals surface area contributed by atoms with Crippen LogP contribution >= 0.6 is 0 Å². The molecule has 1 aromatic rings. The molecule has 0 spiro atoms. The summed E-state index contributed by atoms with van der Waals surface area (Å²) in [6.07, 6.45) is 1.38. The van der Waals surface area contributed by atoms with Gasteiger partial charge in [-0.25, -0.2) is 0 Å². The number of nitriles is 1. The van der Waals surface area contributed by atoms with Crippen LogP contribution in [0.4, 0.5) is 0 Å². The number of thiocyanates is 1. The first-order valence-corrected chi connectivity index (χ1v) is 3.90. The molecule has 58 valence electrons. The number of rotatable bonds is 2. The van der Waals surface area contributed by atoms with Crippen molar-refractivity contribution < 1.29 is 12.6 Å². The van der Waals surface area contributed by atoms with Gasteiger partial charge in [-0.3, -0.25) is 5.10 Å². The summed E-state index contributed by atoms with van der Waals surface area (Å²) in [4.78, 5) is 0. The van der Waals surface area contributed by atoms with E-state index in [1.165, 1.54) is 12.3 Å². The van der Waals surface area contributed by atoms with E-state index in [2.05, 4.69) is 14.4 Å². The van der Waals surface area contributed by atoms with Gasteiger partial charge in [0.25, 0.3) is 5.88 Å². The van der Waals surface area contributed by atoms with Crippen molar-refractivity contribution in [3.63, 3.8) is 0 Å². The predicted molar refractivity (Wildman–Crippen MR) is 33.7 cm³/mol. The summed E-state index contributed by atoms with van der Waals surface area (Å²) < 4.78 is 25.0. The summed E-state index contributed by atoms with van der Waals surface area (Å²) in [5.74, 6) is -0.147. The van der Waals surface area contributed by atoms with Crippen LogP contribution in [0, 0.1) is 10.7 Å². The summed E-state index contributed by atoms with van der Waals surface area (Å²) in [5, 5.41) is 14.7. The van der Waals surface area contributed by atoms with Gasteiger partial charge in [-0.1, -0.05) is 0 Å². The zero-order valence-electron chi connectivity index (χ0n) is 5.18. The highest BCUT2D eigenvalue weighted by Gasteiger charge is 2.10. The molecule has 0 amide bonds. The van der Waals surface area contributed by atoms with E-state index >= 15 is 0 Å². The first-order valence-electron chi connectivity index (χ1n) is 2.49. The molecule has 0 fully saturated rings. The normalized spacial score (nSPS) is 10.5. The summed E-state index contributed by atoms with van der Waals surface area (Å²) in [6, 6.07) is 1.29. The van der Waals surface area contributed by atoms with Gasteiger partial charge in [0.2, 0.25) is 5.40 Å². The van der Waals surface area contributed by atoms with E-state index in [9.17, 15) is 8.42 Å². The minimum absolute atomic E-state index is 0.147. The van der Waals surface area contributed by atoms with Crippen LogP contribution in [0.5, 0.6) is 5.88 Å². The van der Waals surface area contributed by atoms with Gasteiger partial charge in [-0.15, -0.1) is 5.10 Å². The Hall–Kier alpha value is -1.55. The number of hydrogen-bond acceptors (Lipinski definition) is 5. The van der Waals surface area contributed by atoms with Gasteiger partial charge in [-0.05, 0) is 0 Å². The molecule has 6 nitrogen and oxygen atoms in total. The number of H-pyrrole nitrogens is 1. The number of nitrogens with zero attached hydrogens (tertiary/aromatic N) is 2. The van der Waals surface area contributed by atoms with Crippen molar-refractivity contribution in [2.24, 2.45) is 0 Å². The fraction of sp³-hybridized carbons (Fsp3) is 0. The molecule has 0 unspecified atom stereocenters. The Morgan fingerprint density at radius 1 is 1.73 bits per heavy atom. The Labute approximate surface area is 62.5 Å². The Morgan fingerprint density at radius 2 is 2.45 bits per heavy atom. The lowest BCUT2D eigenvalue weighted by Gasteiger charge is -1.91. The largest absolute Gasteiger partial charge is 0.408 e. The Morgan fingerprint density at radius 3 is 2.91 bits per heavy atom. The van der Waals surface area contributed by atoms with Crippen molar-refractivity contribution in [2.75, 3.05) is 0 Å². The van der Waals surface area contributed by atoms with E-state index in [0.717, 1.165) is 5.40 Å². The van der Waals surface area contributed by atoms with Gasteiger partial charge < -0.3 is 4.18 Å². The third-order valence-electron chi connectivity index (χ3n) is 0.782. The molecule has 0 aliphatic heterocycles. The highest BCUT2D eigenvalue weighted by molar-refractivity contribution is 7.91. The van der Waals surface area contributed by atoms with Crippen LogP contribution in [-0.4, -0.2) is 18.6 Å². The minimum Gasteiger partial charge on any atom is -0.349 e. The van der Waals surface area contributed by atoms with Crippen molar-refractivity contribution in [1.82, 2.24) is 10.2 Å². The summed E-state index contributed by atoms with van der Waals surface area (Å²) in [5.41, 5.74) is 0. The molecule has 11 heavy (non-hydrogen) atoms. The molecule has 1 N–H and O–H groups in total. The average molecular weight is 173 g/mol. The zero-order chi connectivity index (χ0) is 8.32. The molecule has 0 aromatic carbocycles. The van der Waals surface area contributed by atoms with Crippen LogP contribution in [0.25, 0.3) is 0 Å². The van der Waals surface area contributed by atoms with E-state index in [1.54, 1.807) is 0 Å². The Balaban J connectivity index is 2.82. The molecule has 0 radical (unpaired) electrons. The maximum absolute atomic E-state index is 10.4. The van der Waals surface area contributed by atoms with Crippen LogP contribution < -0.4 is 4.18 Å². The molecule has 0 saturated heterocycles. The van der Waals surface area contributed by atoms with Crippen LogP contribution in [0.3, 0.4) is 0 Å². The molecule has 0 aliphatic carbocycles. The summed E-state index contributed by atoms with van der Waals surface area (Å²) in [6.45, 7) is 0. The van der Waals surface area contributed by atoms with Crippen molar-refractivity contribution in [3.05, 3.63) is 12.3 Å². The number of aromatic nitrogens is 2. The third kappa shape index (κ3) is 1.94. The van der Waals surface area contributed by atoms with E-state index in [1.807, 2.05) is 0 Å². The second kappa shape index (κ2) is 2.59. The van der Waals surface area contributed by atoms with Crippen molar-refractivity contribution in [1.29, 1.82) is 5.26 Å². The standard InChI is InChI=1S/C4H3N3O3S/c5-3-11(8,9)10-4-1-2-6-7-4/h1-2H,(H,6,7). The van der Waals surface area contributed by atoms with Crippen molar-refractivity contribution >= 4 is 10.1 Å². The molecule has 0 saturated carbocycles. The number of nitrogens with one attached hydrogen (secondary N) is 1. The molecular formula is C4H3N3O3S. The van der Waals surface area contributed by atoms with Crippen molar-refractivity contribution in [3.8, 4) is 11.3 Å². The maximum atomic E-state index is 10.4. The first-order chi connectivity index (χ1) is 5.14. The quantitative estimate of drug-likeness (QED) is 0.373. The molecule has 1 aromatic heterocycles. The first kappa shape index (κ1) is 7.56. The molecule has 0 aliphatic rings. The van der Waals surface area contributed by atoms with E-state index in [4.69, 9.17) is 5.26 Å². The molecule has 0 bridgehead atoms. The SMILES string of the molecule is N#CS(=O)(=O)Oc1cc[nH]n1. The molecule has 0 atom stereocenters. The molecule has 7 heteroatoms. The van der Waals surface area contributed by atoms with E-state index in [0.29, 0.717) is 0 Å². The molecular weight excluding hydrogens is 170 g/mol. The van der Waals surface area contributed by atoms with Gasteiger partial charge in [0.1, 0.15) is 0 Å². The highest BCUT2D eigenvalue weighted by Crippen LogP contribution is 2.05. The van der Waals surface area contributed by atoms with Gasteiger partial charge in [0, 0.05) is 12.3 Å². The molecule has 1 heterocycles. The van der Waals surface area contributed by atoms with Gasteiger partial charge in [0.05, 0.1) is 0 Å². The molecule has 1 rings (SSSR count). The fourth-order valence-corrected chi connectivity index (χ4v) is 0.779. The fourth-order valence-electron chi connectivity index (χ4n) is 0.424. The van der Waals surface area contributed by atoms with Gasteiger partial charge in [-0.2, -0.15) is 13.7 Å². The second-order valence-electron chi connectivity index (χ2n) is 1.54. The lowest BCUT2D eigenvalue weighted by Crippen LogP contribution is -2.05. The topological polar surface area (TPSA) is 95.8 Å². The highest BCUT2D eigenvalue weighted by atomic mass is 32.2. The lowest BCUT2D eigenvalue weighted by atomic mass is 10.7. The van der Waals surface area contributed by atoms with Crippen molar-refractivity contribution in [2.45, 2.75) is 0 Å². The van der Waals surface area contributed by atoms with Crippen LogP contribution in [0.15, 0.2) is 12.3 Å². The van der Waals surface area contributed by atoms with Crippen LogP contribution in [0.2, 0.25) is 0 Å². The van der Waals surface area contributed by atoms with Gasteiger partial charge >= 0.3 is 10.1 Å². The monoisotopic (exact) mass is 173 g/mol. The minimum atomic E-state index is -4.12. The lowest BCUT2D eigenvalue weighted by molar-refractivity contribution is 0.486. The smallest absolute Gasteiger partial charge is 0.349 e. The Kier molecular flexibility index (Phi) is 1.78.